The van der Waals surface area contributed by atoms with Crippen molar-refractivity contribution in [1.29, 1.82) is 0 Å². The Morgan fingerprint density at radius 1 is 1.53 bits per heavy atom. The third kappa shape index (κ3) is 3.76. The van der Waals surface area contributed by atoms with Crippen molar-refractivity contribution >= 4 is 27.5 Å². The minimum absolute atomic E-state index is 0.165. The van der Waals surface area contributed by atoms with E-state index >= 15 is 0 Å². The Bertz CT molecular complexity index is 319. The second-order valence-electron chi connectivity index (χ2n) is 3.32. The van der Waals surface area contributed by atoms with E-state index in [4.69, 9.17) is 22.1 Å². The second kappa shape index (κ2) is 6.48. The molecule has 2 nitrogen and oxygen atoms in total. The van der Waals surface area contributed by atoms with Crippen LogP contribution in [0.1, 0.15) is 24.9 Å². The summed E-state index contributed by atoms with van der Waals surface area (Å²) in [6.45, 7) is 3.31. The molecule has 15 heavy (non-hydrogen) atoms. The van der Waals surface area contributed by atoms with Crippen molar-refractivity contribution in [3.8, 4) is 0 Å². The van der Waals surface area contributed by atoms with Crippen LogP contribution < -0.4 is 5.73 Å². The van der Waals surface area contributed by atoms with Crippen LogP contribution in [0.15, 0.2) is 22.7 Å². The van der Waals surface area contributed by atoms with Gasteiger partial charge in [0.2, 0.25) is 0 Å². The van der Waals surface area contributed by atoms with Crippen molar-refractivity contribution < 1.29 is 4.74 Å². The van der Waals surface area contributed by atoms with Crippen molar-refractivity contribution in [1.82, 2.24) is 0 Å². The Balaban J connectivity index is 2.65. The average molecular weight is 293 g/mol. The molecule has 2 N–H and O–H groups in total. The maximum atomic E-state index is 6.12. The van der Waals surface area contributed by atoms with E-state index in [0.717, 1.165) is 23.1 Å². The van der Waals surface area contributed by atoms with Crippen LogP contribution in [-0.2, 0) is 4.74 Å². The second-order valence-corrected chi connectivity index (χ2v) is 4.56. The van der Waals surface area contributed by atoms with Gasteiger partial charge in [-0.05, 0) is 34.0 Å². The molecule has 0 aliphatic heterocycles. The maximum Gasteiger partial charge on any atom is 0.0659 e. The number of hydrogen-bond acceptors (Lipinski definition) is 2. The van der Waals surface area contributed by atoms with E-state index in [2.05, 4.69) is 22.9 Å². The predicted molar refractivity (Wildman–Crippen MR) is 67.2 cm³/mol. The van der Waals surface area contributed by atoms with Gasteiger partial charge in [-0.2, -0.15) is 0 Å². The summed E-state index contributed by atoms with van der Waals surface area (Å²) in [5.41, 5.74) is 6.89. The van der Waals surface area contributed by atoms with Crippen molar-refractivity contribution in [2.75, 3.05) is 13.2 Å². The molecular weight excluding hydrogens is 277 g/mol. The van der Waals surface area contributed by atoms with E-state index in [0.29, 0.717) is 11.6 Å². The first-order valence-corrected chi connectivity index (χ1v) is 6.11. The lowest BCUT2D eigenvalue weighted by Gasteiger charge is -2.14. The molecule has 1 aromatic rings. The highest BCUT2D eigenvalue weighted by Gasteiger charge is 2.11. The van der Waals surface area contributed by atoms with Crippen LogP contribution in [0.3, 0.4) is 0 Å². The summed E-state index contributed by atoms with van der Waals surface area (Å²) >= 11 is 9.49. The van der Waals surface area contributed by atoms with Gasteiger partial charge in [-0.1, -0.05) is 30.7 Å². The summed E-state index contributed by atoms with van der Waals surface area (Å²) in [6.07, 6.45) is 0.999. The van der Waals surface area contributed by atoms with Crippen LogP contribution in [0, 0.1) is 0 Å². The van der Waals surface area contributed by atoms with Crippen LogP contribution in [-0.4, -0.2) is 13.2 Å². The van der Waals surface area contributed by atoms with Gasteiger partial charge in [0.1, 0.15) is 0 Å². The molecule has 1 aromatic carbocycles. The summed E-state index contributed by atoms with van der Waals surface area (Å²) in [6, 6.07) is 5.57. The van der Waals surface area contributed by atoms with E-state index in [1.165, 1.54) is 0 Å². The maximum absolute atomic E-state index is 6.12. The monoisotopic (exact) mass is 291 g/mol. The lowest BCUT2D eigenvalue weighted by molar-refractivity contribution is 0.121. The van der Waals surface area contributed by atoms with Crippen molar-refractivity contribution in [2.45, 2.75) is 19.4 Å². The van der Waals surface area contributed by atoms with Gasteiger partial charge in [0, 0.05) is 11.1 Å². The normalized spacial score (nSPS) is 12.8. The van der Waals surface area contributed by atoms with Crippen LogP contribution in [0.25, 0.3) is 0 Å². The predicted octanol–water partition coefficient (Wildman–Crippen LogP) is 3.53. The molecule has 0 heterocycles. The van der Waals surface area contributed by atoms with Crippen molar-refractivity contribution in [2.24, 2.45) is 5.73 Å². The van der Waals surface area contributed by atoms with Gasteiger partial charge in [0.05, 0.1) is 17.7 Å². The average Bonchev–Trinajstić information content (AvgIpc) is 2.22. The number of ether oxygens (including phenoxy) is 1. The molecule has 4 heteroatoms. The minimum atomic E-state index is -0.165. The Morgan fingerprint density at radius 3 is 2.93 bits per heavy atom. The van der Waals surface area contributed by atoms with Crippen LogP contribution in [0.4, 0.5) is 0 Å². The lowest BCUT2D eigenvalue weighted by Crippen LogP contribution is -2.17. The lowest BCUT2D eigenvalue weighted by atomic mass is 10.1. The molecule has 0 fully saturated rings. The summed E-state index contributed by atoms with van der Waals surface area (Å²) in [5, 5.41) is 0.671. The first-order chi connectivity index (χ1) is 7.16. The van der Waals surface area contributed by atoms with E-state index in [1.807, 2.05) is 18.2 Å². The molecule has 0 saturated heterocycles. The van der Waals surface area contributed by atoms with E-state index in [1.54, 1.807) is 0 Å². The number of hydrogen-bond donors (Lipinski definition) is 1. The Labute approximate surface area is 104 Å². The molecule has 84 valence electrons. The highest BCUT2D eigenvalue weighted by Crippen LogP contribution is 2.29. The molecule has 0 aliphatic rings. The van der Waals surface area contributed by atoms with Gasteiger partial charge in [0.25, 0.3) is 0 Å². The largest absolute Gasteiger partial charge is 0.379 e. The van der Waals surface area contributed by atoms with Gasteiger partial charge in [0.15, 0.2) is 0 Å². The highest BCUT2D eigenvalue weighted by molar-refractivity contribution is 9.10. The summed E-state index contributed by atoms with van der Waals surface area (Å²) in [5.74, 6) is 0. The summed E-state index contributed by atoms with van der Waals surface area (Å²) < 4.78 is 6.26. The highest BCUT2D eigenvalue weighted by atomic mass is 79.9. The molecule has 0 bridgehead atoms. The minimum Gasteiger partial charge on any atom is -0.379 e. The molecule has 1 unspecified atom stereocenters. The summed E-state index contributed by atoms with van der Waals surface area (Å²) in [7, 11) is 0. The molecule has 1 atom stereocenters. The SMILES string of the molecule is CCCOCC(N)c1cccc(Br)c1Cl. The van der Waals surface area contributed by atoms with E-state index in [9.17, 15) is 0 Å². The third-order valence-corrected chi connectivity index (χ3v) is 3.34. The van der Waals surface area contributed by atoms with Crippen LogP contribution >= 0.6 is 27.5 Å². The fraction of sp³-hybridized carbons (Fsp3) is 0.455. The molecule has 0 saturated carbocycles. The molecule has 0 aromatic heterocycles. The fourth-order valence-corrected chi connectivity index (χ4v) is 1.90. The number of nitrogens with two attached hydrogens (primary N) is 1. The van der Waals surface area contributed by atoms with Crippen molar-refractivity contribution in [3.05, 3.63) is 33.3 Å². The molecule has 0 amide bonds. The quantitative estimate of drug-likeness (QED) is 0.843. The molecule has 0 aliphatic carbocycles. The smallest absolute Gasteiger partial charge is 0.0659 e. The molecule has 0 radical (unpaired) electrons. The zero-order valence-corrected chi connectivity index (χ0v) is 11.0. The first kappa shape index (κ1) is 13.0. The zero-order valence-electron chi connectivity index (χ0n) is 8.67. The number of rotatable bonds is 5. The number of halogens is 2. The number of benzene rings is 1. The zero-order chi connectivity index (χ0) is 11.3. The Morgan fingerprint density at radius 2 is 2.27 bits per heavy atom. The van der Waals surface area contributed by atoms with Crippen molar-refractivity contribution in [3.63, 3.8) is 0 Å². The summed E-state index contributed by atoms with van der Waals surface area (Å²) in [4.78, 5) is 0. The Hall–Kier alpha value is -0.0900. The van der Waals surface area contributed by atoms with Gasteiger partial charge in [-0.3, -0.25) is 0 Å². The van der Waals surface area contributed by atoms with Gasteiger partial charge in [-0.25, -0.2) is 0 Å². The Kier molecular flexibility index (Phi) is 5.61. The van der Waals surface area contributed by atoms with Gasteiger partial charge >= 0.3 is 0 Å². The van der Waals surface area contributed by atoms with Gasteiger partial charge < -0.3 is 10.5 Å². The van der Waals surface area contributed by atoms with E-state index in [-0.39, 0.29) is 6.04 Å². The topological polar surface area (TPSA) is 35.2 Å². The first-order valence-electron chi connectivity index (χ1n) is 4.94. The van der Waals surface area contributed by atoms with E-state index < -0.39 is 0 Å². The molecular formula is C11H15BrClNO. The van der Waals surface area contributed by atoms with Crippen LogP contribution in [0.2, 0.25) is 5.02 Å². The molecule has 0 spiro atoms. The fourth-order valence-electron chi connectivity index (χ4n) is 1.25. The molecule has 1 rings (SSSR count). The van der Waals surface area contributed by atoms with Crippen LogP contribution in [0.5, 0.6) is 0 Å². The third-order valence-electron chi connectivity index (χ3n) is 2.03. The van der Waals surface area contributed by atoms with Gasteiger partial charge in [-0.15, -0.1) is 0 Å². The standard InChI is InChI=1S/C11H15BrClNO/c1-2-6-15-7-10(14)8-4-3-5-9(12)11(8)13/h3-5,10H,2,6-7,14H2,1H3.